The molecule has 4 rings (SSSR count). The van der Waals surface area contributed by atoms with Crippen molar-refractivity contribution in [3.05, 3.63) is 99.6 Å². The van der Waals surface area contributed by atoms with Gasteiger partial charge in [0.1, 0.15) is 5.75 Å². The summed E-state index contributed by atoms with van der Waals surface area (Å²) in [5, 5.41) is 10.5. The summed E-state index contributed by atoms with van der Waals surface area (Å²) in [6.07, 6.45) is 4.15. The topological polar surface area (TPSA) is 20.2 Å². The third-order valence-electron chi connectivity index (χ3n) is 4.51. The van der Waals surface area contributed by atoms with Crippen molar-refractivity contribution in [3.8, 4) is 5.75 Å². The number of aromatic hydroxyl groups is 1. The van der Waals surface area contributed by atoms with Gasteiger partial charge in [0, 0.05) is 5.02 Å². The van der Waals surface area contributed by atoms with E-state index >= 15 is 0 Å². The Bertz CT molecular complexity index is 940. The molecule has 0 bridgehead atoms. The maximum absolute atomic E-state index is 9.78. The lowest BCUT2D eigenvalue weighted by Crippen LogP contribution is -1.92. The number of aryl methyl sites for hydroxylation is 2. The van der Waals surface area contributed by atoms with Gasteiger partial charge in [-0.2, -0.15) is 0 Å². The van der Waals surface area contributed by atoms with Crippen LogP contribution in [-0.4, -0.2) is 5.11 Å². The van der Waals surface area contributed by atoms with Crippen LogP contribution in [0.15, 0.2) is 66.7 Å². The molecule has 0 atom stereocenters. The van der Waals surface area contributed by atoms with Crippen LogP contribution in [0.3, 0.4) is 0 Å². The second-order valence-electron chi connectivity index (χ2n) is 6.11. The first-order valence-electron chi connectivity index (χ1n) is 8.08. The van der Waals surface area contributed by atoms with Crippen molar-refractivity contribution in [1.82, 2.24) is 0 Å². The normalized spacial score (nSPS) is 14.8. The van der Waals surface area contributed by atoms with Gasteiger partial charge in [-0.1, -0.05) is 54.1 Å². The van der Waals surface area contributed by atoms with Crippen LogP contribution in [-0.2, 0) is 12.8 Å². The third kappa shape index (κ3) is 2.83. The van der Waals surface area contributed by atoms with E-state index < -0.39 is 0 Å². The Labute approximate surface area is 146 Å². The Morgan fingerprint density at radius 1 is 0.792 bits per heavy atom. The standard InChI is InChI=1S/C22H17ClO/c23-18-11-10-17-9-8-16-5-1-2-7-20(16)22(21(17)14-18)13-15-4-3-6-19(24)12-15/h1-7,10-14,24H,8-9H2/b22-13+. The molecule has 0 fully saturated rings. The summed E-state index contributed by atoms with van der Waals surface area (Å²) < 4.78 is 0. The van der Waals surface area contributed by atoms with Crippen LogP contribution >= 0.6 is 11.6 Å². The molecule has 0 amide bonds. The van der Waals surface area contributed by atoms with Crippen LogP contribution in [0.1, 0.15) is 27.8 Å². The first kappa shape index (κ1) is 15.0. The van der Waals surface area contributed by atoms with E-state index in [1.807, 2.05) is 24.3 Å². The van der Waals surface area contributed by atoms with E-state index in [2.05, 4.69) is 36.4 Å². The molecular weight excluding hydrogens is 316 g/mol. The van der Waals surface area contributed by atoms with E-state index in [1.165, 1.54) is 22.3 Å². The minimum atomic E-state index is 0.276. The molecule has 0 spiro atoms. The Hall–Kier alpha value is -2.51. The van der Waals surface area contributed by atoms with Crippen molar-refractivity contribution in [1.29, 1.82) is 0 Å². The highest BCUT2D eigenvalue weighted by Crippen LogP contribution is 2.36. The van der Waals surface area contributed by atoms with Crippen molar-refractivity contribution >= 4 is 23.3 Å². The van der Waals surface area contributed by atoms with E-state index in [4.69, 9.17) is 11.6 Å². The molecule has 0 heterocycles. The van der Waals surface area contributed by atoms with Crippen molar-refractivity contribution in [2.24, 2.45) is 0 Å². The van der Waals surface area contributed by atoms with E-state index in [-0.39, 0.29) is 5.75 Å². The molecule has 0 saturated carbocycles. The highest BCUT2D eigenvalue weighted by molar-refractivity contribution is 6.30. The number of fused-ring (bicyclic) bond motifs is 2. The van der Waals surface area contributed by atoms with E-state index in [0.717, 1.165) is 29.0 Å². The van der Waals surface area contributed by atoms with E-state index in [0.29, 0.717) is 0 Å². The molecule has 118 valence electrons. The van der Waals surface area contributed by atoms with Crippen LogP contribution < -0.4 is 0 Å². The number of hydrogen-bond donors (Lipinski definition) is 1. The van der Waals surface area contributed by atoms with E-state index in [1.54, 1.807) is 12.1 Å². The number of rotatable bonds is 1. The molecule has 1 nitrogen and oxygen atoms in total. The third-order valence-corrected chi connectivity index (χ3v) is 4.75. The lowest BCUT2D eigenvalue weighted by atomic mass is 9.92. The summed E-state index contributed by atoms with van der Waals surface area (Å²) in [5.41, 5.74) is 7.20. The van der Waals surface area contributed by atoms with Gasteiger partial charge in [-0.05, 0) is 76.6 Å². The second-order valence-corrected chi connectivity index (χ2v) is 6.55. The zero-order chi connectivity index (χ0) is 16.5. The molecule has 1 aliphatic carbocycles. The Morgan fingerprint density at radius 2 is 1.58 bits per heavy atom. The largest absolute Gasteiger partial charge is 0.508 e. The average Bonchev–Trinajstić information content (AvgIpc) is 2.73. The lowest BCUT2D eigenvalue weighted by molar-refractivity contribution is 0.475. The Kier molecular flexibility index (Phi) is 3.87. The van der Waals surface area contributed by atoms with Crippen molar-refractivity contribution in [3.63, 3.8) is 0 Å². The van der Waals surface area contributed by atoms with Crippen LogP contribution in [0.4, 0.5) is 0 Å². The van der Waals surface area contributed by atoms with Crippen molar-refractivity contribution in [2.75, 3.05) is 0 Å². The number of phenolic OH excluding ortho intramolecular Hbond substituents is 1. The number of hydrogen-bond acceptors (Lipinski definition) is 1. The fraction of sp³-hybridized carbons (Fsp3) is 0.0909. The Balaban J connectivity index is 1.98. The summed E-state index contributed by atoms with van der Waals surface area (Å²) in [4.78, 5) is 0. The predicted octanol–water partition coefficient (Wildman–Crippen LogP) is 5.73. The fourth-order valence-corrected chi connectivity index (χ4v) is 3.54. The zero-order valence-corrected chi connectivity index (χ0v) is 13.9. The monoisotopic (exact) mass is 332 g/mol. The highest BCUT2D eigenvalue weighted by Gasteiger charge is 2.18. The number of phenols is 1. The molecule has 1 N–H and O–H groups in total. The molecule has 0 aromatic heterocycles. The smallest absolute Gasteiger partial charge is 0.116 e. The van der Waals surface area contributed by atoms with Gasteiger partial charge in [0.15, 0.2) is 0 Å². The molecule has 0 radical (unpaired) electrons. The summed E-state index contributed by atoms with van der Waals surface area (Å²) in [6, 6.07) is 22.0. The van der Waals surface area contributed by atoms with Gasteiger partial charge in [-0.25, -0.2) is 0 Å². The van der Waals surface area contributed by atoms with Gasteiger partial charge in [0.25, 0.3) is 0 Å². The van der Waals surface area contributed by atoms with Crippen LogP contribution in [0.25, 0.3) is 11.6 Å². The van der Waals surface area contributed by atoms with Crippen molar-refractivity contribution in [2.45, 2.75) is 12.8 Å². The van der Waals surface area contributed by atoms with Crippen LogP contribution in [0, 0.1) is 0 Å². The molecule has 1 aliphatic rings. The summed E-state index contributed by atoms with van der Waals surface area (Å²) in [5.74, 6) is 0.276. The van der Waals surface area contributed by atoms with Gasteiger partial charge < -0.3 is 5.11 Å². The maximum atomic E-state index is 9.78. The zero-order valence-electron chi connectivity index (χ0n) is 13.2. The maximum Gasteiger partial charge on any atom is 0.116 e. The van der Waals surface area contributed by atoms with Gasteiger partial charge >= 0.3 is 0 Å². The number of halogens is 1. The molecule has 0 saturated heterocycles. The first-order chi connectivity index (χ1) is 11.7. The fourth-order valence-electron chi connectivity index (χ4n) is 3.37. The summed E-state index contributed by atoms with van der Waals surface area (Å²) in [6.45, 7) is 0. The quantitative estimate of drug-likeness (QED) is 0.603. The van der Waals surface area contributed by atoms with Gasteiger partial charge in [-0.15, -0.1) is 0 Å². The highest BCUT2D eigenvalue weighted by atomic mass is 35.5. The Morgan fingerprint density at radius 3 is 2.42 bits per heavy atom. The molecule has 2 heteroatoms. The first-order valence-corrected chi connectivity index (χ1v) is 8.46. The van der Waals surface area contributed by atoms with Gasteiger partial charge in [0.05, 0.1) is 0 Å². The van der Waals surface area contributed by atoms with Crippen molar-refractivity contribution < 1.29 is 5.11 Å². The summed E-state index contributed by atoms with van der Waals surface area (Å²) in [7, 11) is 0. The molecular formula is C22H17ClO. The summed E-state index contributed by atoms with van der Waals surface area (Å²) >= 11 is 6.28. The molecule has 3 aromatic carbocycles. The van der Waals surface area contributed by atoms with E-state index in [9.17, 15) is 5.11 Å². The average molecular weight is 333 g/mol. The lowest BCUT2D eigenvalue weighted by Gasteiger charge is -2.13. The van der Waals surface area contributed by atoms with Crippen LogP contribution in [0.5, 0.6) is 5.75 Å². The molecule has 3 aromatic rings. The minimum Gasteiger partial charge on any atom is -0.508 e. The SMILES string of the molecule is Oc1cccc(/C=C2\c3ccccc3CCc3ccc(Cl)cc32)c1. The minimum absolute atomic E-state index is 0.276. The molecule has 24 heavy (non-hydrogen) atoms. The van der Waals surface area contributed by atoms with Gasteiger partial charge in [0.2, 0.25) is 0 Å². The molecule has 0 unspecified atom stereocenters. The van der Waals surface area contributed by atoms with Crippen LogP contribution in [0.2, 0.25) is 5.02 Å². The van der Waals surface area contributed by atoms with Gasteiger partial charge in [-0.3, -0.25) is 0 Å². The second kappa shape index (κ2) is 6.18. The predicted molar refractivity (Wildman–Crippen MR) is 100 cm³/mol. The molecule has 0 aliphatic heterocycles. The number of benzene rings is 3.